The summed E-state index contributed by atoms with van der Waals surface area (Å²) in [4.78, 5) is 13.3. The zero-order valence-corrected chi connectivity index (χ0v) is 17.1. The molecule has 1 spiro atoms. The molecule has 0 radical (unpaired) electrons. The normalized spacial score (nSPS) is 22.3. The molecule has 2 fully saturated rings. The number of anilines is 1. The lowest BCUT2D eigenvalue weighted by Gasteiger charge is -2.49. The molecular formula is C23H30N4O2. The summed E-state index contributed by atoms with van der Waals surface area (Å²) < 4.78 is 5.21. The van der Waals surface area contributed by atoms with Crippen LogP contribution < -0.4 is 9.64 Å². The fourth-order valence-corrected chi connectivity index (χ4v) is 4.61. The Hall–Kier alpha value is -2.44. The van der Waals surface area contributed by atoms with Gasteiger partial charge in [0, 0.05) is 32.0 Å². The Labute approximate surface area is 172 Å². The van der Waals surface area contributed by atoms with Gasteiger partial charge in [0.2, 0.25) is 0 Å². The van der Waals surface area contributed by atoms with Crippen molar-refractivity contribution in [1.29, 1.82) is 0 Å². The summed E-state index contributed by atoms with van der Waals surface area (Å²) in [5.74, 6) is 1.75. The van der Waals surface area contributed by atoms with Crippen LogP contribution in [0.15, 0.2) is 48.9 Å². The average Bonchev–Trinajstić information content (AvgIpc) is 2.76. The van der Waals surface area contributed by atoms with Gasteiger partial charge in [0.05, 0.1) is 19.4 Å². The van der Waals surface area contributed by atoms with Gasteiger partial charge in [-0.3, -0.25) is 9.88 Å². The van der Waals surface area contributed by atoms with Crippen LogP contribution in [-0.4, -0.2) is 65.9 Å². The van der Waals surface area contributed by atoms with Gasteiger partial charge in [-0.15, -0.1) is 0 Å². The van der Waals surface area contributed by atoms with Crippen molar-refractivity contribution in [2.24, 2.45) is 5.41 Å². The third-order valence-corrected chi connectivity index (χ3v) is 6.21. The zero-order valence-electron chi connectivity index (χ0n) is 17.1. The molecule has 1 unspecified atom stereocenters. The van der Waals surface area contributed by atoms with Crippen molar-refractivity contribution < 1.29 is 9.84 Å². The molecule has 0 amide bonds. The van der Waals surface area contributed by atoms with Crippen LogP contribution in [0.4, 0.5) is 5.82 Å². The molecule has 4 rings (SSSR count). The van der Waals surface area contributed by atoms with Crippen LogP contribution in [0.5, 0.6) is 5.75 Å². The van der Waals surface area contributed by atoms with Gasteiger partial charge >= 0.3 is 0 Å². The van der Waals surface area contributed by atoms with Crippen LogP contribution in [0.25, 0.3) is 6.08 Å². The Morgan fingerprint density at radius 1 is 1.21 bits per heavy atom. The third-order valence-electron chi connectivity index (χ3n) is 6.21. The molecule has 1 atom stereocenters. The maximum absolute atomic E-state index is 10.5. The van der Waals surface area contributed by atoms with Crippen LogP contribution in [-0.2, 0) is 0 Å². The van der Waals surface area contributed by atoms with Gasteiger partial charge < -0.3 is 14.7 Å². The van der Waals surface area contributed by atoms with E-state index in [1.54, 1.807) is 25.7 Å². The summed E-state index contributed by atoms with van der Waals surface area (Å²) in [6.45, 7) is 4.69. The molecule has 1 aromatic carbocycles. The SMILES string of the molecule is COc1ccc(/C=C/CN2CCC3(CC2)CC(O)CN(c2cnccn2)C3)cc1. The number of methoxy groups -OCH3 is 1. The smallest absolute Gasteiger partial charge is 0.147 e. The first kappa shape index (κ1) is 19.9. The first-order chi connectivity index (χ1) is 14.2. The first-order valence-corrected chi connectivity index (χ1v) is 10.4. The second-order valence-corrected chi connectivity index (χ2v) is 8.28. The number of likely N-dealkylation sites (tertiary alicyclic amines) is 1. The minimum atomic E-state index is -0.299. The van der Waals surface area contributed by atoms with E-state index < -0.39 is 0 Å². The van der Waals surface area contributed by atoms with E-state index in [1.807, 2.05) is 12.1 Å². The topological polar surface area (TPSA) is 61.7 Å². The molecular weight excluding hydrogens is 364 g/mol. The van der Waals surface area contributed by atoms with Crippen LogP contribution in [0.2, 0.25) is 0 Å². The van der Waals surface area contributed by atoms with Crippen molar-refractivity contribution >= 4 is 11.9 Å². The maximum Gasteiger partial charge on any atom is 0.147 e. The Morgan fingerprint density at radius 3 is 2.69 bits per heavy atom. The Balaban J connectivity index is 1.31. The average molecular weight is 395 g/mol. The fourth-order valence-electron chi connectivity index (χ4n) is 4.61. The number of benzene rings is 1. The minimum absolute atomic E-state index is 0.172. The molecule has 2 aromatic rings. The van der Waals surface area contributed by atoms with E-state index in [0.717, 1.165) is 57.0 Å². The van der Waals surface area contributed by atoms with Gasteiger partial charge in [0.15, 0.2) is 0 Å². The number of β-amino-alcohol motifs (C(OH)–C–C–N with tert-alkyl or cyclic N) is 1. The van der Waals surface area contributed by atoms with Crippen molar-refractivity contribution in [3.05, 3.63) is 54.5 Å². The number of nitrogens with zero attached hydrogens (tertiary/aromatic N) is 4. The molecule has 2 aliphatic rings. The van der Waals surface area contributed by atoms with Gasteiger partial charge in [-0.1, -0.05) is 24.3 Å². The zero-order chi connectivity index (χ0) is 20.1. The van der Waals surface area contributed by atoms with Crippen LogP contribution >= 0.6 is 0 Å². The highest BCUT2D eigenvalue weighted by Gasteiger charge is 2.41. The van der Waals surface area contributed by atoms with Crippen molar-refractivity contribution in [3.63, 3.8) is 0 Å². The number of piperidine rings is 2. The number of aliphatic hydroxyl groups is 1. The van der Waals surface area contributed by atoms with Gasteiger partial charge in [-0.2, -0.15) is 0 Å². The van der Waals surface area contributed by atoms with E-state index in [-0.39, 0.29) is 11.5 Å². The molecule has 0 aliphatic carbocycles. The monoisotopic (exact) mass is 394 g/mol. The first-order valence-electron chi connectivity index (χ1n) is 10.4. The Morgan fingerprint density at radius 2 is 2.00 bits per heavy atom. The fraction of sp³-hybridized carbons (Fsp3) is 0.478. The predicted molar refractivity (Wildman–Crippen MR) is 115 cm³/mol. The lowest BCUT2D eigenvalue weighted by molar-refractivity contribution is 0.0292. The van der Waals surface area contributed by atoms with E-state index >= 15 is 0 Å². The van der Waals surface area contributed by atoms with Crippen LogP contribution in [0.3, 0.4) is 0 Å². The molecule has 29 heavy (non-hydrogen) atoms. The third kappa shape index (κ3) is 4.95. The van der Waals surface area contributed by atoms with E-state index in [9.17, 15) is 5.11 Å². The van der Waals surface area contributed by atoms with Crippen molar-refractivity contribution in [2.45, 2.75) is 25.4 Å². The van der Waals surface area contributed by atoms with Gasteiger partial charge in [0.25, 0.3) is 0 Å². The Bertz CT molecular complexity index is 801. The number of aromatic nitrogens is 2. The quantitative estimate of drug-likeness (QED) is 0.842. The molecule has 154 valence electrons. The van der Waals surface area contributed by atoms with E-state index in [1.165, 1.54) is 5.56 Å². The summed E-state index contributed by atoms with van der Waals surface area (Å²) in [6, 6.07) is 8.12. The van der Waals surface area contributed by atoms with Crippen LogP contribution in [0.1, 0.15) is 24.8 Å². The molecule has 6 nitrogen and oxygen atoms in total. The minimum Gasteiger partial charge on any atom is -0.497 e. The van der Waals surface area contributed by atoms with Crippen molar-refractivity contribution in [2.75, 3.05) is 44.7 Å². The molecule has 0 saturated carbocycles. The van der Waals surface area contributed by atoms with Gasteiger partial charge in [-0.25, -0.2) is 4.98 Å². The van der Waals surface area contributed by atoms with Crippen molar-refractivity contribution in [3.8, 4) is 5.75 Å². The number of ether oxygens (including phenoxy) is 1. The lowest BCUT2D eigenvalue weighted by Crippen LogP contribution is -2.54. The Kier molecular flexibility index (Phi) is 6.11. The standard InChI is InChI=1S/C23H30N4O2/c1-29-21-6-4-19(5-7-21)3-2-12-26-13-8-23(9-14-26)15-20(28)17-27(18-23)22-16-24-10-11-25-22/h2-7,10-11,16,20,28H,8-9,12-15,17-18H2,1H3/b3-2+. The van der Waals surface area contributed by atoms with Crippen molar-refractivity contribution in [1.82, 2.24) is 14.9 Å². The lowest BCUT2D eigenvalue weighted by atomic mass is 9.71. The number of hydrogen-bond donors (Lipinski definition) is 1. The summed E-state index contributed by atoms with van der Waals surface area (Å²) in [5.41, 5.74) is 1.36. The molecule has 1 N–H and O–H groups in total. The largest absolute Gasteiger partial charge is 0.497 e. The molecule has 6 heteroatoms. The van der Waals surface area contributed by atoms with Crippen LogP contribution in [0, 0.1) is 5.41 Å². The summed E-state index contributed by atoms with van der Waals surface area (Å²) in [5, 5.41) is 10.5. The highest BCUT2D eigenvalue weighted by molar-refractivity contribution is 5.50. The van der Waals surface area contributed by atoms with Gasteiger partial charge in [0.1, 0.15) is 11.6 Å². The molecule has 1 aromatic heterocycles. The number of rotatable bonds is 5. The number of aliphatic hydroxyl groups excluding tert-OH is 1. The highest BCUT2D eigenvalue weighted by Crippen LogP contribution is 2.40. The van der Waals surface area contributed by atoms with E-state index in [0.29, 0.717) is 6.54 Å². The summed E-state index contributed by atoms with van der Waals surface area (Å²) >= 11 is 0. The van der Waals surface area contributed by atoms with E-state index in [4.69, 9.17) is 4.74 Å². The second kappa shape index (κ2) is 8.93. The summed E-state index contributed by atoms with van der Waals surface area (Å²) in [6.07, 6.45) is 12.4. The van der Waals surface area contributed by atoms with Gasteiger partial charge in [-0.05, 0) is 55.5 Å². The maximum atomic E-state index is 10.5. The summed E-state index contributed by atoms with van der Waals surface area (Å²) in [7, 11) is 1.69. The molecule has 0 bridgehead atoms. The molecule has 2 aliphatic heterocycles. The molecule has 3 heterocycles. The molecule has 2 saturated heterocycles. The number of hydrogen-bond acceptors (Lipinski definition) is 6. The highest BCUT2D eigenvalue weighted by atomic mass is 16.5. The van der Waals surface area contributed by atoms with E-state index in [2.05, 4.69) is 44.1 Å². The second-order valence-electron chi connectivity index (χ2n) is 8.28. The predicted octanol–water partition coefficient (Wildman–Crippen LogP) is 2.85.